The molecule has 1 heterocycles. The molecule has 0 unspecified atom stereocenters. The van der Waals surface area contributed by atoms with E-state index in [0.29, 0.717) is 6.54 Å². The summed E-state index contributed by atoms with van der Waals surface area (Å²) in [5.74, 6) is 0.808. The number of hydrogen-bond acceptors (Lipinski definition) is 3. The van der Waals surface area contributed by atoms with Gasteiger partial charge in [0.2, 0.25) is 0 Å². The standard InChI is InChI=1S/C11H15N3O/c1-7-9-4-8(6-12)11(15-3)5-10(9)13-14(7)2/h4-5H,6,12H2,1-3H3. The number of methoxy groups -OCH3 is 1. The van der Waals surface area contributed by atoms with E-state index in [9.17, 15) is 0 Å². The molecule has 0 fully saturated rings. The van der Waals surface area contributed by atoms with E-state index in [-0.39, 0.29) is 0 Å². The molecule has 0 aliphatic heterocycles. The zero-order valence-electron chi connectivity index (χ0n) is 9.24. The van der Waals surface area contributed by atoms with Gasteiger partial charge in [-0.05, 0) is 13.0 Å². The highest BCUT2D eigenvalue weighted by molar-refractivity contribution is 5.84. The Hall–Kier alpha value is -1.55. The van der Waals surface area contributed by atoms with Gasteiger partial charge in [0.05, 0.1) is 12.6 Å². The van der Waals surface area contributed by atoms with Crippen molar-refractivity contribution in [2.24, 2.45) is 12.8 Å². The molecule has 0 aliphatic rings. The van der Waals surface area contributed by atoms with Crippen LogP contribution in [0.25, 0.3) is 10.9 Å². The molecule has 1 aromatic carbocycles. The van der Waals surface area contributed by atoms with E-state index in [4.69, 9.17) is 10.5 Å². The lowest BCUT2D eigenvalue weighted by Gasteiger charge is -2.05. The van der Waals surface area contributed by atoms with Crippen molar-refractivity contribution >= 4 is 10.9 Å². The fraction of sp³-hybridized carbons (Fsp3) is 0.364. The number of benzene rings is 1. The Balaban J connectivity index is 2.75. The van der Waals surface area contributed by atoms with Crippen LogP contribution in [-0.2, 0) is 13.6 Å². The molecule has 0 bridgehead atoms. The highest BCUT2D eigenvalue weighted by atomic mass is 16.5. The van der Waals surface area contributed by atoms with Crippen LogP contribution in [0.15, 0.2) is 12.1 Å². The minimum atomic E-state index is 0.480. The summed E-state index contributed by atoms with van der Waals surface area (Å²) in [6, 6.07) is 3.99. The predicted molar refractivity (Wildman–Crippen MR) is 59.9 cm³/mol. The first-order valence-corrected chi connectivity index (χ1v) is 4.87. The van der Waals surface area contributed by atoms with Gasteiger partial charge < -0.3 is 10.5 Å². The summed E-state index contributed by atoms with van der Waals surface area (Å²) in [4.78, 5) is 0. The Morgan fingerprint density at radius 2 is 2.20 bits per heavy atom. The average Bonchev–Trinajstić information content (AvgIpc) is 2.53. The minimum Gasteiger partial charge on any atom is -0.496 e. The number of ether oxygens (including phenoxy) is 1. The Labute approximate surface area is 88.6 Å². The molecule has 15 heavy (non-hydrogen) atoms. The van der Waals surface area contributed by atoms with Crippen molar-refractivity contribution in [3.8, 4) is 5.75 Å². The smallest absolute Gasteiger partial charge is 0.125 e. The first kappa shape index (κ1) is 9.98. The van der Waals surface area contributed by atoms with E-state index < -0.39 is 0 Å². The monoisotopic (exact) mass is 205 g/mol. The zero-order valence-corrected chi connectivity index (χ0v) is 9.24. The third kappa shape index (κ3) is 1.47. The molecular weight excluding hydrogens is 190 g/mol. The lowest BCUT2D eigenvalue weighted by molar-refractivity contribution is 0.410. The second-order valence-corrected chi connectivity index (χ2v) is 3.59. The molecule has 2 rings (SSSR count). The summed E-state index contributed by atoms with van der Waals surface area (Å²) in [6.07, 6.45) is 0. The van der Waals surface area contributed by atoms with Gasteiger partial charge in [-0.2, -0.15) is 5.10 Å². The van der Waals surface area contributed by atoms with Crippen molar-refractivity contribution in [2.45, 2.75) is 13.5 Å². The molecule has 0 spiro atoms. The molecule has 0 radical (unpaired) electrons. The van der Waals surface area contributed by atoms with Gasteiger partial charge in [0.25, 0.3) is 0 Å². The Bertz CT molecular complexity index is 502. The van der Waals surface area contributed by atoms with Crippen molar-refractivity contribution in [1.29, 1.82) is 0 Å². The van der Waals surface area contributed by atoms with Crippen LogP contribution in [0.4, 0.5) is 0 Å². The van der Waals surface area contributed by atoms with Crippen LogP contribution in [0.1, 0.15) is 11.3 Å². The lowest BCUT2D eigenvalue weighted by Crippen LogP contribution is -1.99. The van der Waals surface area contributed by atoms with E-state index in [0.717, 1.165) is 27.9 Å². The second-order valence-electron chi connectivity index (χ2n) is 3.59. The average molecular weight is 205 g/mol. The Kier molecular flexibility index (Phi) is 2.36. The van der Waals surface area contributed by atoms with Crippen LogP contribution in [0.2, 0.25) is 0 Å². The Morgan fingerprint density at radius 3 is 2.80 bits per heavy atom. The molecule has 4 heteroatoms. The van der Waals surface area contributed by atoms with Gasteiger partial charge in [-0.3, -0.25) is 4.68 Å². The normalized spacial score (nSPS) is 10.9. The highest BCUT2D eigenvalue weighted by Crippen LogP contribution is 2.26. The number of hydrogen-bond donors (Lipinski definition) is 1. The maximum Gasteiger partial charge on any atom is 0.125 e. The number of nitrogens with two attached hydrogens (primary N) is 1. The molecule has 0 aliphatic carbocycles. The van der Waals surface area contributed by atoms with Crippen molar-refractivity contribution in [1.82, 2.24) is 9.78 Å². The molecule has 80 valence electrons. The van der Waals surface area contributed by atoms with Gasteiger partial charge in [0, 0.05) is 36.3 Å². The van der Waals surface area contributed by atoms with E-state index in [1.807, 2.05) is 24.7 Å². The molecule has 0 amide bonds. The maximum absolute atomic E-state index is 5.67. The highest BCUT2D eigenvalue weighted by Gasteiger charge is 2.09. The quantitative estimate of drug-likeness (QED) is 0.805. The molecule has 1 aromatic heterocycles. The molecule has 0 saturated heterocycles. The summed E-state index contributed by atoms with van der Waals surface area (Å²) in [6.45, 7) is 2.52. The maximum atomic E-state index is 5.67. The SMILES string of the molecule is COc1cc2nn(C)c(C)c2cc1CN. The molecular formula is C11H15N3O. The third-order valence-electron chi connectivity index (χ3n) is 2.75. The van der Waals surface area contributed by atoms with E-state index in [1.165, 1.54) is 0 Å². The number of nitrogens with zero attached hydrogens (tertiary/aromatic N) is 2. The number of aryl methyl sites for hydroxylation is 2. The van der Waals surface area contributed by atoms with Crippen molar-refractivity contribution in [3.63, 3.8) is 0 Å². The Morgan fingerprint density at radius 1 is 1.47 bits per heavy atom. The van der Waals surface area contributed by atoms with E-state index >= 15 is 0 Å². The van der Waals surface area contributed by atoms with Crippen LogP contribution in [0.3, 0.4) is 0 Å². The van der Waals surface area contributed by atoms with Gasteiger partial charge in [0.15, 0.2) is 0 Å². The number of rotatable bonds is 2. The van der Waals surface area contributed by atoms with Gasteiger partial charge in [-0.25, -0.2) is 0 Å². The van der Waals surface area contributed by atoms with Gasteiger partial charge in [0.1, 0.15) is 5.75 Å². The van der Waals surface area contributed by atoms with Crippen molar-refractivity contribution in [3.05, 3.63) is 23.4 Å². The summed E-state index contributed by atoms with van der Waals surface area (Å²) in [7, 11) is 3.58. The van der Waals surface area contributed by atoms with Crippen LogP contribution in [-0.4, -0.2) is 16.9 Å². The minimum absolute atomic E-state index is 0.480. The summed E-state index contributed by atoms with van der Waals surface area (Å²) in [5.41, 5.74) is 8.77. The first-order chi connectivity index (χ1) is 7.17. The van der Waals surface area contributed by atoms with Crippen LogP contribution >= 0.6 is 0 Å². The third-order valence-corrected chi connectivity index (χ3v) is 2.75. The largest absolute Gasteiger partial charge is 0.496 e. The molecule has 0 saturated carbocycles. The number of aromatic nitrogens is 2. The first-order valence-electron chi connectivity index (χ1n) is 4.87. The van der Waals surface area contributed by atoms with Crippen LogP contribution in [0, 0.1) is 6.92 Å². The van der Waals surface area contributed by atoms with Crippen molar-refractivity contribution < 1.29 is 4.74 Å². The van der Waals surface area contributed by atoms with E-state index in [2.05, 4.69) is 11.2 Å². The van der Waals surface area contributed by atoms with Gasteiger partial charge in [-0.1, -0.05) is 0 Å². The fourth-order valence-electron chi connectivity index (χ4n) is 1.75. The van der Waals surface area contributed by atoms with Crippen LogP contribution < -0.4 is 10.5 Å². The zero-order chi connectivity index (χ0) is 11.0. The molecule has 4 nitrogen and oxygen atoms in total. The fourth-order valence-corrected chi connectivity index (χ4v) is 1.75. The van der Waals surface area contributed by atoms with Gasteiger partial charge in [-0.15, -0.1) is 0 Å². The van der Waals surface area contributed by atoms with E-state index in [1.54, 1.807) is 7.11 Å². The van der Waals surface area contributed by atoms with Gasteiger partial charge >= 0.3 is 0 Å². The number of fused-ring (bicyclic) bond motifs is 1. The second kappa shape index (κ2) is 3.55. The summed E-state index contributed by atoms with van der Waals surface area (Å²) < 4.78 is 7.13. The predicted octanol–water partition coefficient (Wildman–Crippen LogP) is 1.35. The summed E-state index contributed by atoms with van der Waals surface area (Å²) >= 11 is 0. The molecule has 0 atom stereocenters. The van der Waals surface area contributed by atoms with Crippen LogP contribution in [0.5, 0.6) is 5.75 Å². The molecule has 2 aromatic rings. The topological polar surface area (TPSA) is 53.1 Å². The van der Waals surface area contributed by atoms with Crippen molar-refractivity contribution in [2.75, 3.05) is 7.11 Å². The lowest BCUT2D eigenvalue weighted by atomic mass is 10.1. The summed E-state index contributed by atoms with van der Waals surface area (Å²) in [5, 5.41) is 5.53. The molecule has 2 N–H and O–H groups in total.